The third-order valence-electron chi connectivity index (χ3n) is 3.31. The van der Waals surface area contributed by atoms with E-state index in [2.05, 4.69) is 0 Å². The zero-order valence-corrected chi connectivity index (χ0v) is 14.2. The Bertz CT molecular complexity index is 814. The van der Waals surface area contributed by atoms with E-state index in [1.54, 1.807) is 58.2 Å². The fourth-order valence-corrected chi connectivity index (χ4v) is 2.90. The fourth-order valence-electron chi connectivity index (χ4n) is 2.03. The minimum atomic E-state index is -4.24. The minimum Gasteiger partial charge on any atom is -0.748 e. The lowest BCUT2D eigenvalue weighted by Gasteiger charge is -2.05. The molecule has 0 N–H and O–H groups in total. The van der Waals surface area contributed by atoms with E-state index in [1.807, 2.05) is 0 Å². The van der Waals surface area contributed by atoms with Crippen molar-refractivity contribution in [3.8, 4) is 11.1 Å². The summed E-state index contributed by atoms with van der Waals surface area (Å²) >= 11 is 0. The second-order valence-corrected chi connectivity index (χ2v) is 8.22. The first-order chi connectivity index (χ1) is 11.1. The molecule has 0 aromatic carbocycles. The van der Waals surface area contributed by atoms with Crippen LogP contribution in [0.4, 0.5) is 0 Å². The molecule has 0 unspecified atom stereocenters. The van der Waals surface area contributed by atoms with E-state index in [1.165, 1.54) is 0 Å². The van der Waals surface area contributed by atoms with Crippen molar-refractivity contribution < 1.29 is 35.1 Å². The molecule has 0 spiro atoms. The molecule has 2 heterocycles. The molecule has 2 aromatic heterocycles. The van der Waals surface area contributed by atoms with E-state index in [4.69, 9.17) is 0 Å². The third kappa shape index (κ3) is 6.32. The Labute approximate surface area is 140 Å². The second-order valence-electron chi connectivity index (χ2n) is 5.17. The summed E-state index contributed by atoms with van der Waals surface area (Å²) in [7, 11) is -8.49. The summed E-state index contributed by atoms with van der Waals surface area (Å²) in [5.74, 6) is -0.935. The van der Waals surface area contributed by atoms with Gasteiger partial charge in [-0.2, -0.15) is 0 Å². The molecule has 0 bridgehead atoms. The Hall–Kier alpha value is -1.88. The van der Waals surface area contributed by atoms with Gasteiger partial charge in [-0.1, -0.05) is 0 Å². The molecule has 0 aliphatic heterocycles. The summed E-state index contributed by atoms with van der Waals surface area (Å²) in [6.07, 6.45) is 6.69. The first kappa shape index (κ1) is 18.5. The maximum Gasteiger partial charge on any atom is 0.169 e. The van der Waals surface area contributed by atoms with Crippen LogP contribution < -0.4 is 9.13 Å². The number of hydrogen-bond acceptors (Lipinski definition) is 6. The first-order valence-corrected chi connectivity index (χ1v) is 10.1. The van der Waals surface area contributed by atoms with Gasteiger partial charge in [-0.05, 0) is 11.1 Å². The zero-order chi connectivity index (χ0) is 17.8. The molecule has 0 radical (unpaired) electrons. The van der Waals surface area contributed by atoms with Gasteiger partial charge in [0.25, 0.3) is 0 Å². The largest absolute Gasteiger partial charge is 0.748 e. The van der Waals surface area contributed by atoms with Crippen molar-refractivity contribution in [3.63, 3.8) is 0 Å². The molecule has 130 valence electrons. The lowest BCUT2D eigenvalue weighted by molar-refractivity contribution is -0.692. The van der Waals surface area contributed by atoms with Gasteiger partial charge in [-0.3, -0.25) is 0 Å². The SMILES string of the molecule is O=S(=O)([O-])CC[n+]1ccc(-c2cc[n+](CCS(=O)(=O)[O-])cc2)cc1. The summed E-state index contributed by atoms with van der Waals surface area (Å²) in [6, 6.07) is 7.11. The Balaban J connectivity index is 2.03. The predicted octanol–water partition coefficient (Wildman–Crippen LogP) is -0.981. The molecule has 24 heavy (non-hydrogen) atoms. The quantitative estimate of drug-likeness (QED) is 0.455. The molecule has 2 rings (SSSR count). The van der Waals surface area contributed by atoms with Crippen molar-refractivity contribution in [3.05, 3.63) is 49.1 Å². The molecule has 0 aliphatic carbocycles. The standard InChI is InChI=1S/C14H16N2O6S2/c17-23(18,19)11-9-15-5-1-13(2-6-15)14-3-7-16(8-4-14)10-12-24(20,21)22/h1-8H,9-12H2. The molecule has 0 saturated carbocycles. The van der Waals surface area contributed by atoms with Crippen LogP contribution in [0.15, 0.2) is 49.1 Å². The van der Waals surface area contributed by atoms with Gasteiger partial charge in [0.1, 0.15) is 20.2 Å². The number of pyridine rings is 2. The predicted molar refractivity (Wildman–Crippen MR) is 81.4 cm³/mol. The van der Waals surface area contributed by atoms with E-state index in [0.29, 0.717) is 0 Å². The van der Waals surface area contributed by atoms with Crippen LogP contribution in [0, 0.1) is 0 Å². The van der Waals surface area contributed by atoms with E-state index >= 15 is 0 Å². The number of nitrogens with zero attached hydrogens (tertiary/aromatic N) is 2. The summed E-state index contributed by atoms with van der Waals surface area (Å²) in [5.41, 5.74) is 1.75. The molecule has 10 heteroatoms. The Morgan fingerprint density at radius 1 is 0.667 bits per heavy atom. The van der Waals surface area contributed by atoms with Crippen LogP contribution in [0.2, 0.25) is 0 Å². The highest BCUT2D eigenvalue weighted by atomic mass is 32.2. The second kappa shape index (κ2) is 7.34. The highest BCUT2D eigenvalue weighted by Crippen LogP contribution is 2.15. The number of hydrogen-bond donors (Lipinski definition) is 0. The van der Waals surface area contributed by atoms with E-state index in [0.717, 1.165) is 11.1 Å². The monoisotopic (exact) mass is 372 g/mol. The van der Waals surface area contributed by atoms with E-state index in [-0.39, 0.29) is 13.1 Å². The molecule has 0 fully saturated rings. The van der Waals surface area contributed by atoms with Gasteiger partial charge in [0.05, 0.1) is 11.5 Å². The van der Waals surface area contributed by atoms with E-state index in [9.17, 15) is 25.9 Å². The minimum absolute atomic E-state index is 0.0879. The Kier molecular flexibility index (Phi) is 5.65. The average Bonchev–Trinajstić information content (AvgIpc) is 2.51. The van der Waals surface area contributed by atoms with Gasteiger partial charge in [0.15, 0.2) is 37.9 Å². The van der Waals surface area contributed by atoms with Gasteiger partial charge in [-0.15, -0.1) is 0 Å². The average molecular weight is 372 g/mol. The maximum absolute atomic E-state index is 10.6. The Morgan fingerprint density at radius 2 is 0.958 bits per heavy atom. The van der Waals surface area contributed by atoms with Crippen molar-refractivity contribution in [2.75, 3.05) is 11.5 Å². The van der Waals surface area contributed by atoms with Crippen LogP contribution in [-0.2, 0) is 33.3 Å². The summed E-state index contributed by atoms with van der Waals surface area (Å²) in [4.78, 5) is 0. The lowest BCUT2D eigenvalue weighted by Crippen LogP contribution is -2.36. The lowest BCUT2D eigenvalue weighted by atomic mass is 10.1. The summed E-state index contributed by atoms with van der Waals surface area (Å²) in [5, 5.41) is 0. The maximum atomic E-state index is 10.6. The van der Waals surface area contributed by atoms with Gasteiger partial charge in [-0.25, -0.2) is 26.0 Å². The van der Waals surface area contributed by atoms with Crippen molar-refractivity contribution in [1.29, 1.82) is 0 Å². The fraction of sp³-hybridized carbons (Fsp3) is 0.286. The van der Waals surface area contributed by atoms with Crippen LogP contribution in [-0.4, -0.2) is 37.4 Å². The van der Waals surface area contributed by atoms with Crippen molar-refractivity contribution in [2.24, 2.45) is 0 Å². The molecular weight excluding hydrogens is 356 g/mol. The smallest absolute Gasteiger partial charge is 0.169 e. The van der Waals surface area contributed by atoms with Crippen LogP contribution >= 0.6 is 0 Å². The van der Waals surface area contributed by atoms with E-state index < -0.39 is 31.7 Å². The van der Waals surface area contributed by atoms with Gasteiger partial charge in [0.2, 0.25) is 0 Å². The molecule has 0 aliphatic rings. The summed E-state index contributed by atoms with van der Waals surface area (Å²) < 4.78 is 66.9. The number of aryl methyl sites for hydroxylation is 2. The van der Waals surface area contributed by atoms with Crippen LogP contribution in [0.5, 0.6) is 0 Å². The third-order valence-corrected chi connectivity index (χ3v) is 4.68. The highest BCUT2D eigenvalue weighted by molar-refractivity contribution is 7.85. The van der Waals surface area contributed by atoms with Crippen molar-refractivity contribution >= 4 is 20.2 Å². The van der Waals surface area contributed by atoms with Gasteiger partial charge in [0, 0.05) is 24.3 Å². The van der Waals surface area contributed by atoms with Crippen molar-refractivity contribution in [2.45, 2.75) is 13.1 Å². The number of rotatable bonds is 7. The normalized spacial score (nSPS) is 12.2. The van der Waals surface area contributed by atoms with Crippen molar-refractivity contribution in [1.82, 2.24) is 0 Å². The van der Waals surface area contributed by atoms with Gasteiger partial charge < -0.3 is 9.11 Å². The first-order valence-electron chi connectivity index (χ1n) is 6.98. The molecule has 0 saturated heterocycles. The Morgan fingerprint density at radius 3 is 1.21 bits per heavy atom. The topological polar surface area (TPSA) is 122 Å². The molecular formula is C14H16N2O6S2. The van der Waals surface area contributed by atoms with Crippen LogP contribution in [0.3, 0.4) is 0 Å². The zero-order valence-electron chi connectivity index (χ0n) is 12.6. The molecule has 2 aromatic rings. The summed E-state index contributed by atoms with van der Waals surface area (Å²) in [6.45, 7) is 0.176. The molecule has 0 atom stereocenters. The van der Waals surface area contributed by atoms with Gasteiger partial charge >= 0.3 is 0 Å². The molecule has 8 nitrogen and oxygen atoms in total. The van der Waals surface area contributed by atoms with Crippen LogP contribution in [0.1, 0.15) is 0 Å². The molecule has 0 amide bonds. The highest BCUT2D eigenvalue weighted by Gasteiger charge is 2.08. The number of aromatic nitrogens is 2. The van der Waals surface area contributed by atoms with Crippen LogP contribution in [0.25, 0.3) is 11.1 Å².